The van der Waals surface area contributed by atoms with Crippen molar-refractivity contribution in [1.82, 2.24) is 24.1 Å². The second-order valence-corrected chi connectivity index (χ2v) is 10.4. The van der Waals surface area contributed by atoms with E-state index in [-0.39, 0.29) is 17.3 Å². The van der Waals surface area contributed by atoms with Crippen molar-refractivity contribution >= 4 is 32.3 Å². The van der Waals surface area contributed by atoms with Crippen molar-refractivity contribution in [2.24, 2.45) is 0 Å². The molecule has 0 bridgehead atoms. The van der Waals surface area contributed by atoms with Gasteiger partial charge in [-0.3, -0.25) is 4.40 Å². The molecule has 0 unspecified atom stereocenters. The van der Waals surface area contributed by atoms with Gasteiger partial charge in [0, 0.05) is 36.4 Å². The number of anilines is 1. The van der Waals surface area contributed by atoms with Crippen LogP contribution in [0.5, 0.6) is 0 Å². The Morgan fingerprint density at radius 1 is 0.972 bits per heavy atom. The maximum absolute atomic E-state index is 13.9. The van der Waals surface area contributed by atoms with Crippen LogP contribution in [0, 0.1) is 11.6 Å². The maximum atomic E-state index is 13.9. The smallest absolute Gasteiger partial charge is 0.240 e. The highest BCUT2D eigenvalue weighted by atomic mass is 32.2. The molecule has 0 aliphatic carbocycles. The number of halogens is 2. The first-order valence-corrected chi connectivity index (χ1v) is 13.3. The molecular weight excluding hydrogens is 506 g/mol. The summed E-state index contributed by atoms with van der Waals surface area (Å²) in [7, 11) is -3.72. The number of fused-ring (bicyclic) bond motifs is 1. The largest absolute Gasteiger partial charge is 0.354 e. The van der Waals surface area contributed by atoms with Gasteiger partial charge in [0.05, 0.1) is 16.3 Å². The Labute approximate surface area is 209 Å². The van der Waals surface area contributed by atoms with E-state index in [1.165, 1.54) is 35.6 Å². The molecule has 184 valence electrons. The van der Waals surface area contributed by atoms with Crippen LogP contribution in [-0.4, -0.2) is 40.9 Å². The molecule has 5 aromatic rings. The third-order valence-corrected chi connectivity index (χ3v) is 7.54. The molecule has 8 nitrogen and oxygen atoms in total. The lowest BCUT2D eigenvalue weighted by Crippen LogP contribution is -2.26. The van der Waals surface area contributed by atoms with Gasteiger partial charge in [0.1, 0.15) is 17.3 Å². The van der Waals surface area contributed by atoms with Gasteiger partial charge >= 0.3 is 0 Å². The van der Waals surface area contributed by atoms with E-state index in [0.29, 0.717) is 41.6 Å². The van der Waals surface area contributed by atoms with E-state index in [1.54, 1.807) is 24.4 Å². The maximum Gasteiger partial charge on any atom is 0.240 e. The van der Waals surface area contributed by atoms with Crippen molar-refractivity contribution in [2.45, 2.75) is 11.3 Å². The molecule has 0 saturated heterocycles. The zero-order valence-corrected chi connectivity index (χ0v) is 20.4. The van der Waals surface area contributed by atoms with Gasteiger partial charge in [0.2, 0.25) is 16.0 Å². The fourth-order valence-electron chi connectivity index (χ4n) is 3.64. The summed E-state index contributed by atoms with van der Waals surface area (Å²) in [6, 6.07) is 12.6. The summed E-state index contributed by atoms with van der Waals surface area (Å²) < 4.78 is 55.9. The van der Waals surface area contributed by atoms with Gasteiger partial charge in [-0.1, -0.05) is 12.1 Å². The van der Waals surface area contributed by atoms with Gasteiger partial charge in [-0.15, -0.1) is 11.3 Å². The lowest BCUT2D eigenvalue weighted by Gasteiger charge is -2.09. The molecule has 0 atom stereocenters. The molecule has 0 saturated carbocycles. The van der Waals surface area contributed by atoms with Gasteiger partial charge in [0.15, 0.2) is 4.96 Å². The molecule has 5 rings (SSSR count). The number of hydrogen-bond acceptors (Lipinski definition) is 7. The number of sulfonamides is 1. The zero-order chi connectivity index (χ0) is 25.1. The van der Waals surface area contributed by atoms with Gasteiger partial charge in [0.25, 0.3) is 0 Å². The Morgan fingerprint density at radius 3 is 2.61 bits per heavy atom. The third kappa shape index (κ3) is 5.10. The molecular formula is C24H20F2N6O2S2. The summed E-state index contributed by atoms with van der Waals surface area (Å²) in [5, 5.41) is 5.01. The normalized spacial score (nSPS) is 11.7. The highest BCUT2D eigenvalue weighted by Crippen LogP contribution is 2.33. The summed E-state index contributed by atoms with van der Waals surface area (Å²) in [6.45, 7) is 0.584. The number of hydrogen-bond donors (Lipinski definition) is 2. The monoisotopic (exact) mass is 526 g/mol. The highest BCUT2D eigenvalue weighted by Gasteiger charge is 2.19. The quantitative estimate of drug-likeness (QED) is 0.273. The van der Waals surface area contributed by atoms with E-state index in [4.69, 9.17) is 0 Å². The van der Waals surface area contributed by atoms with Crippen LogP contribution in [0.1, 0.15) is 6.42 Å². The minimum Gasteiger partial charge on any atom is -0.354 e. The van der Waals surface area contributed by atoms with Crippen LogP contribution in [-0.2, 0) is 10.0 Å². The average molecular weight is 527 g/mol. The molecule has 0 amide bonds. The summed E-state index contributed by atoms with van der Waals surface area (Å²) in [5.74, 6) is -0.488. The molecule has 3 aromatic heterocycles. The van der Waals surface area contributed by atoms with Crippen molar-refractivity contribution < 1.29 is 17.2 Å². The molecule has 3 heterocycles. The fraction of sp³-hybridized carbons (Fsp3) is 0.125. The van der Waals surface area contributed by atoms with Gasteiger partial charge in [-0.25, -0.2) is 36.9 Å². The minimum absolute atomic E-state index is 0.00236. The first-order chi connectivity index (χ1) is 17.4. The highest BCUT2D eigenvalue weighted by molar-refractivity contribution is 7.89. The molecule has 0 radical (unpaired) electrons. The van der Waals surface area contributed by atoms with E-state index < -0.39 is 15.8 Å². The minimum atomic E-state index is -3.72. The van der Waals surface area contributed by atoms with Gasteiger partial charge < -0.3 is 5.32 Å². The van der Waals surface area contributed by atoms with E-state index in [2.05, 4.69) is 25.0 Å². The number of imidazole rings is 1. The first-order valence-electron chi connectivity index (χ1n) is 10.9. The molecule has 0 aliphatic heterocycles. The SMILES string of the molecule is O=S(=O)(NCCCNc1nccc(-c2c(-c3cccc(F)c3)nc3sccn23)n1)c1ccc(F)cc1. The predicted molar refractivity (Wildman–Crippen MR) is 134 cm³/mol. The summed E-state index contributed by atoms with van der Waals surface area (Å²) in [6.07, 6.45) is 3.96. The van der Waals surface area contributed by atoms with E-state index in [1.807, 2.05) is 16.0 Å². The van der Waals surface area contributed by atoms with E-state index in [9.17, 15) is 17.2 Å². The van der Waals surface area contributed by atoms with Crippen molar-refractivity contribution in [2.75, 3.05) is 18.4 Å². The number of aromatic nitrogens is 4. The van der Waals surface area contributed by atoms with Crippen molar-refractivity contribution in [1.29, 1.82) is 0 Å². The topological polar surface area (TPSA) is 101 Å². The van der Waals surface area contributed by atoms with Crippen LogP contribution in [0.4, 0.5) is 14.7 Å². The lowest BCUT2D eigenvalue weighted by molar-refractivity contribution is 0.579. The van der Waals surface area contributed by atoms with Crippen molar-refractivity contribution in [3.63, 3.8) is 0 Å². The van der Waals surface area contributed by atoms with Crippen LogP contribution in [0.2, 0.25) is 0 Å². The third-order valence-electron chi connectivity index (χ3n) is 5.31. The molecule has 2 aromatic carbocycles. The number of rotatable bonds is 9. The van der Waals surface area contributed by atoms with Crippen LogP contribution in [0.15, 0.2) is 77.3 Å². The van der Waals surface area contributed by atoms with Crippen LogP contribution < -0.4 is 10.0 Å². The Bertz CT molecular complexity index is 1620. The second-order valence-electron chi connectivity index (χ2n) is 7.77. The van der Waals surface area contributed by atoms with Gasteiger partial charge in [-0.05, 0) is 48.9 Å². The Balaban J connectivity index is 1.28. The fourth-order valence-corrected chi connectivity index (χ4v) is 5.42. The summed E-state index contributed by atoms with van der Waals surface area (Å²) >= 11 is 1.46. The number of benzene rings is 2. The second kappa shape index (κ2) is 10.1. The summed E-state index contributed by atoms with van der Waals surface area (Å²) in [4.78, 5) is 14.3. The molecule has 12 heteroatoms. The van der Waals surface area contributed by atoms with Crippen molar-refractivity contribution in [3.05, 3.63) is 84.0 Å². The first kappa shape index (κ1) is 24.0. The predicted octanol–water partition coefficient (Wildman–Crippen LogP) is 4.58. The molecule has 0 spiro atoms. The number of nitrogens with one attached hydrogen (secondary N) is 2. The Kier molecular flexibility index (Phi) is 6.72. The van der Waals surface area contributed by atoms with Crippen molar-refractivity contribution in [3.8, 4) is 22.6 Å². The van der Waals surface area contributed by atoms with Crippen LogP contribution >= 0.6 is 11.3 Å². The Morgan fingerprint density at radius 2 is 1.81 bits per heavy atom. The standard InChI is InChI=1S/C24H20F2N6O2S2/c25-17-5-7-19(8-6-17)36(33,34)29-11-2-10-27-23-28-12-9-20(30-23)22-21(16-3-1-4-18(26)15-16)31-24-32(22)13-14-35-24/h1,3-9,12-15,29H,2,10-11H2,(H,27,28,30). The molecule has 36 heavy (non-hydrogen) atoms. The average Bonchev–Trinajstić information content (AvgIpc) is 3.46. The number of thiazole rings is 1. The van der Waals surface area contributed by atoms with E-state index >= 15 is 0 Å². The number of nitrogens with zero attached hydrogens (tertiary/aromatic N) is 4. The molecule has 2 N–H and O–H groups in total. The lowest BCUT2D eigenvalue weighted by atomic mass is 10.1. The zero-order valence-electron chi connectivity index (χ0n) is 18.7. The van der Waals surface area contributed by atoms with Crippen LogP contribution in [0.25, 0.3) is 27.6 Å². The van der Waals surface area contributed by atoms with Gasteiger partial charge in [-0.2, -0.15) is 0 Å². The Hall–Kier alpha value is -3.74. The molecule has 0 fully saturated rings. The molecule has 0 aliphatic rings. The van der Waals surface area contributed by atoms with Crippen LogP contribution in [0.3, 0.4) is 0 Å². The van der Waals surface area contributed by atoms with E-state index in [0.717, 1.165) is 17.1 Å². The summed E-state index contributed by atoms with van der Waals surface area (Å²) in [5.41, 5.74) is 2.58.